The topological polar surface area (TPSA) is 15.0 Å². The summed E-state index contributed by atoms with van der Waals surface area (Å²) in [5.74, 6) is 0.853. The standard InChI is InChI=1S/C9H20N2/c1-8(2)4-5-11-7-9(11)6-10-3/h8-10H,4-7H2,1-3H3. The van der Waals surface area contributed by atoms with Crippen molar-refractivity contribution in [2.24, 2.45) is 5.92 Å². The van der Waals surface area contributed by atoms with Crippen molar-refractivity contribution in [1.29, 1.82) is 0 Å². The van der Waals surface area contributed by atoms with E-state index in [0.29, 0.717) is 0 Å². The number of nitrogens with zero attached hydrogens (tertiary/aromatic N) is 1. The van der Waals surface area contributed by atoms with Gasteiger partial charge in [0.25, 0.3) is 0 Å². The number of nitrogens with one attached hydrogen (secondary N) is 1. The lowest BCUT2D eigenvalue weighted by molar-refractivity contribution is 0.435. The molecule has 11 heavy (non-hydrogen) atoms. The van der Waals surface area contributed by atoms with Gasteiger partial charge in [0.05, 0.1) is 0 Å². The van der Waals surface area contributed by atoms with E-state index in [1.54, 1.807) is 0 Å². The summed E-state index contributed by atoms with van der Waals surface area (Å²) in [5.41, 5.74) is 0. The highest BCUT2D eigenvalue weighted by Gasteiger charge is 2.31. The maximum absolute atomic E-state index is 3.21. The molecule has 0 aromatic heterocycles. The molecule has 0 aromatic carbocycles. The monoisotopic (exact) mass is 156 g/mol. The van der Waals surface area contributed by atoms with Crippen LogP contribution in [0.5, 0.6) is 0 Å². The van der Waals surface area contributed by atoms with Crippen molar-refractivity contribution in [3.8, 4) is 0 Å². The van der Waals surface area contributed by atoms with E-state index in [1.165, 1.54) is 19.5 Å². The van der Waals surface area contributed by atoms with Crippen LogP contribution in [0, 0.1) is 5.92 Å². The predicted molar refractivity (Wildman–Crippen MR) is 48.7 cm³/mol. The van der Waals surface area contributed by atoms with E-state index in [2.05, 4.69) is 24.1 Å². The van der Waals surface area contributed by atoms with Crippen molar-refractivity contribution >= 4 is 0 Å². The minimum atomic E-state index is 0.846. The van der Waals surface area contributed by atoms with Gasteiger partial charge in [-0.1, -0.05) is 13.8 Å². The third-order valence-electron chi connectivity index (χ3n) is 2.26. The predicted octanol–water partition coefficient (Wildman–Crippen LogP) is 0.936. The molecule has 66 valence electrons. The molecule has 0 bridgehead atoms. The molecule has 0 radical (unpaired) electrons. The third kappa shape index (κ3) is 3.21. The second kappa shape index (κ2) is 4.07. The Kier molecular flexibility index (Phi) is 3.34. The van der Waals surface area contributed by atoms with Crippen LogP contribution in [0.3, 0.4) is 0 Å². The van der Waals surface area contributed by atoms with Crippen LogP contribution in [0.4, 0.5) is 0 Å². The van der Waals surface area contributed by atoms with Crippen LogP contribution in [0.1, 0.15) is 20.3 Å². The molecule has 1 aliphatic heterocycles. The molecule has 0 spiro atoms. The minimum absolute atomic E-state index is 0.846. The first-order chi connectivity index (χ1) is 5.24. The van der Waals surface area contributed by atoms with E-state index in [0.717, 1.165) is 18.5 Å². The van der Waals surface area contributed by atoms with Crippen LogP contribution in [0.2, 0.25) is 0 Å². The van der Waals surface area contributed by atoms with Crippen LogP contribution in [-0.4, -0.2) is 37.6 Å². The number of likely N-dealkylation sites (N-methyl/N-ethyl adjacent to an activating group) is 1. The molecule has 1 saturated heterocycles. The van der Waals surface area contributed by atoms with Crippen LogP contribution in [0.25, 0.3) is 0 Å². The zero-order valence-electron chi connectivity index (χ0n) is 7.93. The highest BCUT2D eigenvalue weighted by Crippen LogP contribution is 2.17. The van der Waals surface area contributed by atoms with Crippen LogP contribution in [-0.2, 0) is 0 Å². The average Bonchev–Trinajstić information content (AvgIpc) is 2.64. The molecule has 0 aromatic rings. The van der Waals surface area contributed by atoms with E-state index in [4.69, 9.17) is 0 Å². The summed E-state index contributed by atoms with van der Waals surface area (Å²) in [5, 5.41) is 3.21. The molecule has 0 amide bonds. The van der Waals surface area contributed by atoms with E-state index in [9.17, 15) is 0 Å². The van der Waals surface area contributed by atoms with E-state index in [1.807, 2.05) is 7.05 Å². The molecule has 0 saturated carbocycles. The number of hydrogen-bond acceptors (Lipinski definition) is 2. The van der Waals surface area contributed by atoms with E-state index in [-0.39, 0.29) is 0 Å². The molecular formula is C9H20N2. The van der Waals surface area contributed by atoms with Crippen molar-refractivity contribution in [1.82, 2.24) is 10.2 Å². The highest BCUT2D eigenvalue weighted by atomic mass is 15.3. The van der Waals surface area contributed by atoms with Gasteiger partial charge in [-0.2, -0.15) is 0 Å². The lowest BCUT2D eigenvalue weighted by Gasteiger charge is -2.05. The Labute approximate surface area is 70.0 Å². The maximum atomic E-state index is 3.21. The van der Waals surface area contributed by atoms with Crippen molar-refractivity contribution in [2.45, 2.75) is 26.3 Å². The Bertz CT molecular complexity index is 112. The van der Waals surface area contributed by atoms with Crippen molar-refractivity contribution in [3.63, 3.8) is 0 Å². The average molecular weight is 156 g/mol. The van der Waals surface area contributed by atoms with E-state index < -0.39 is 0 Å². The van der Waals surface area contributed by atoms with Crippen molar-refractivity contribution in [2.75, 3.05) is 26.7 Å². The van der Waals surface area contributed by atoms with Gasteiger partial charge in [-0.15, -0.1) is 0 Å². The first-order valence-electron chi connectivity index (χ1n) is 4.62. The zero-order chi connectivity index (χ0) is 8.27. The Morgan fingerprint density at radius 1 is 1.55 bits per heavy atom. The van der Waals surface area contributed by atoms with Crippen molar-refractivity contribution in [3.05, 3.63) is 0 Å². The Hall–Kier alpha value is -0.0800. The summed E-state index contributed by atoms with van der Waals surface area (Å²) in [6.45, 7) is 8.35. The minimum Gasteiger partial charge on any atom is -0.318 e. The molecule has 2 unspecified atom stereocenters. The molecule has 1 aliphatic rings. The summed E-state index contributed by atoms with van der Waals surface area (Å²) in [6, 6.07) is 0.846. The Morgan fingerprint density at radius 3 is 2.82 bits per heavy atom. The Morgan fingerprint density at radius 2 is 2.27 bits per heavy atom. The summed E-state index contributed by atoms with van der Waals surface area (Å²) in [7, 11) is 2.03. The molecule has 2 nitrogen and oxygen atoms in total. The third-order valence-corrected chi connectivity index (χ3v) is 2.26. The normalized spacial score (nSPS) is 29.5. The fourth-order valence-corrected chi connectivity index (χ4v) is 1.35. The molecule has 2 heteroatoms. The number of rotatable bonds is 5. The molecule has 1 fully saturated rings. The highest BCUT2D eigenvalue weighted by molar-refractivity contribution is 4.90. The molecule has 0 aliphatic carbocycles. The van der Waals surface area contributed by atoms with E-state index >= 15 is 0 Å². The lowest BCUT2D eigenvalue weighted by Crippen LogP contribution is -2.18. The Balaban J connectivity index is 1.95. The van der Waals surface area contributed by atoms with Gasteiger partial charge in [-0.3, -0.25) is 4.90 Å². The first kappa shape index (κ1) is 9.01. The van der Waals surface area contributed by atoms with Gasteiger partial charge in [-0.25, -0.2) is 0 Å². The molecule has 1 heterocycles. The second-order valence-corrected chi connectivity index (χ2v) is 3.89. The largest absolute Gasteiger partial charge is 0.318 e. The fraction of sp³-hybridized carbons (Fsp3) is 1.00. The summed E-state index contributed by atoms with van der Waals surface area (Å²) in [6.07, 6.45) is 1.35. The molecule has 2 atom stereocenters. The molecule has 1 rings (SSSR count). The fourth-order valence-electron chi connectivity index (χ4n) is 1.35. The first-order valence-corrected chi connectivity index (χ1v) is 4.62. The van der Waals surface area contributed by atoms with Gasteiger partial charge < -0.3 is 5.32 Å². The molecular weight excluding hydrogens is 136 g/mol. The summed E-state index contributed by atoms with van der Waals surface area (Å²) >= 11 is 0. The lowest BCUT2D eigenvalue weighted by atomic mass is 10.1. The van der Waals surface area contributed by atoms with Gasteiger partial charge in [0.15, 0.2) is 0 Å². The maximum Gasteiger partial charge on any atom is 0.0348 e. The summed E-state index contributed by atoms with van der Waals surface area (Å²) in [4.78, 5) is 2.54. The smallest absolute Gasteiger partial charge is 0.0348 e. The number of hydrogen-bond donors (Lipinski definition) is 1. The second-order valence-electron chi connectivity index (χ2n) is 3.89. The quantitative estimate of drug-likeness (QED) is 0.596. The van der Waals surface area contributed by atoms with Crippen molar-refractivity contribution < 1.29 is 0 Å². The van der Waals surface area contributed by atoms with Crippen LogP contribution >= 0.6 is 0 Å². The van der Waals surface area contributed by atoms with Gasteiger partial charge in [0.1, 0.15) is 0 Å². The van der Waals surface area contributed by atoms with Gasteiger partial charge in [0.2, 0.25) is 0 Å². The zero-order valence-corrected chi connectivity index (χ0v) is 7.93. The molecule has 1 N–H and O–H groups in total. The van der Waals surface area contributed by atoms with Crippen LogP contribution < -0.4 is 5.32 Å². The van der Waals surface area contributed by atoms with Gasteiger partial charge in [-0.05, 0) is 25.9 Å². The summed E-state index contributed by atoms with van der Waals surface area (Å²) < 4.78 is 0. The van der Waals surface area contributed by atoms with Crippen LogP contribution in [0.15, 0.2) is 0 Å². The van der Waals surface area contributed by atoms with Gasteiger partial charge >= 0.3 is 0 Å². The SMILES string of the molecule is CNCC1CN1CCC(C)C. The van der Waals surface area contributed by atoms with Gasteiger partial charge in [0, 0.05) is 19.1 Å².